The van der Waals surface area contributed by atoms with Gasteiger partial charge in [0, 0.05) is 24.0 Å². The number of nitrogens with zero attached hydrogens (tertiary/aromatic N) is 1. The smallest absolute Gasteiger partial charge is 0.124 e. The van der Waals surface area contributed by atoms with Gasteiger partial charge in [-0.3, -0.25) is 0 Å². The van der Waals surface area contributed by atoms with E-state index in [9.17, 15) is 0 Å². The van der Waals surface area contributed by atoms with Crippen molar-refractivity contribution in [2.24, 2.45) is 0 Å². The Hall–Kier alpha value is -1.23. The molecule has 1 aromatic carbocycles. The number of benzene rings is 1. The number of aryl methyl sites for hydroxylation is 1. The van der Waals surface area contributed by atoms with Crippen molar-refractivity contribution in [3.63, 3.8) is 0 Å². The Labute approximate surface area is 111 Å². The predicted molar refractivity (Wildman–Crippen MR) is 73.8 cm³/mol. The summed E-state index contributed by atoms with van der Waals surface area (Å²) >= 11 is 1.68. The molecule has 18 heavy (non-hydrogen) atoms. The van der Waals surface area contributed by atoms with Gasteiger partial charge >= 0.3 is 0 Å². The van der Waals surface area contributed by atoms with E-state index in [1.165, 1.54) is 11.1 Å². The molecule has 94 valence electrons. The minimum Gasteiger partial charge on any atom is -0.368 e. The number of hydrogen-bond donors (Lipinski definition) is 1. The maximum Gasteiger partial charge on any atom is 0.124 e. The quantitative estimate of drug-likeness (QED) is 0.901. The highest BCUT2D eigenvalue weighted by Crippen LogP contribution is 2.29. The summed E-state index contributed by atoms with van der Waals surface area (Å²) in [5.74, 6) is 0. The number of hydrogen-bond acceptors (Lipinski definition) is 4. The van der Waals surface area contributed by atoms with Crippen LogP contribution < -0.4 is 5.32 Å². The van der Waals surface area contributed by atoms with E-state index < -0.39 is 0 Å². The van der Waals surface area contributed by atoms with Crippen molar-refractivity contribution in [3.8, 4) is 11.3 Å². The van der Waals surface area contributed by atoms with Crippen molar-refractivity contribution in [1.29, 1.82) is 0 Å². The van der Waals surface area contributed by atoms with E-state index >= 15 is 0 Å². The van der Waals surface area contributed by atoms with Gasteiger partial charge in [0.1, 0.15) is 11.1 Å². The van der Waals surface area contributed by atoms with Crippen molar-refractivity contribution >= 4 is 11.3 Å². The van der Waals surface area contributed by atoms with E-state index in [0.29, 0.717) is 0 Å². The molecule has 2 heterocycles. The van der Waals surface area contributed by atoms with Gasteiger partial charge in [0.2, 0.25) is 0 Å². The van der Waals surface area contributed by atoms with E-state index in [0.717, 1.165) is 30.4 Å². The molecule has 1 atom stereocenters. The lowest BCUT2D eigenvalue weighted by Gasteiger charge is -2.21. The zero-order chi connectivity index (χ0) is 12.4. The molecule has 0 amide bonds. The van der Waals surface area contributed by atoms with Crippen LogP contribution >= 0.6 is 11.3 Å². The van der Waals surface area contributed by atoms with Crippen molar-refractivity contribution in [2.45, 2.75) is 13.0 Å². The average Bonchev–Trinajstić information content (AvgIpc) is 2.90. The minimum atomic E-state index is 0.113. The highest BCUT2D eigenvalue weighted by atomic mass is 32.1. The molecule has 1 unspecified atom stereocenters. The van der Waals surface area contributed by atoms with Crippen molar-refractivity contribution < 1.29 is 4.74 Å². The standard InChI is InChI=1S/C14H16N2OS/c1-10-4-2-3-5-11(10)12-9-18-14(16-12)13-8-15-6-7-17-13/h2-5,9,13,15H,6-8H2,1H3. The van der Waals surface area contributed by atoms with E-state index in [-0.39, 0.29) is 6.10 Å². The molecule has 1 aliphatic heterocycles. The number of nitrogens with one attached hydrogen (secondary N) is 1. The fourth-order valence-electron chi connectivity index (χ4n) is 2.14. The Balaban J connectivity index is 1.87. The van der Waals surface area contributed by atoms with Crippen molar-refractivity contribution in [1.82, 2.24) is 10.3 Å². The molecular formula is C14H16N2OS. The van der Waals surface area contributed by atoms with Crippen molar-refractivity contribution in [3.05, 3.63) is 40.2 Å². The summed E-state index contributed by atoms with van der Waals surface area (Å²) in [6.07, 6.45) is 0.113. The number of aromatic nitrogens is 1. The fourth-order valence-corrected chi connectivity index (χ4v) is 3.01. The lowest BCUT2D eigenvalue weighted by Crippen LogP contribution is -2.33. The van der Waals surface area contributed by atoms with Crippen LogP contribution in [0.5, 0.6) is 0 Å². The second-order valence-corrected chi connectivity index (χ2v) is 5.34. The van der Waals surface area contributed by atoms with Gasteiger partial charge in [0.25, 0.3) is 0 Å². The zero-order valence-electron chi connectivity index (χ0n) is 10.3. The molecule has 1 aliphatic rings. The van der Waals surface area contributed by atoms with Crippen LogP contribution in [0.4, 0.5) is 0 Å². The molecule has 2 aromatic rings. The number of rotatable bonds is 2. The summed E-state index contributed by atoms with van der Waals surface area (Å²) in [4.78, 5) is 4.72. The summed E-state index contributed by atoms with van der Waals surface area (Å²) in [5.41, 5.74) is 3.53. The SMILES string of the molecule is Cc1ccccc1-c1csc(C2CNCCO2)n1. The lowest BCUT2D eigenvalue weighted by atomic mass is 10.1. The first-order valence-corrected chi connectivity index (χ1v) is 7.06. The third-order valence-corrected chi connectivity index (χ3v) is 4.08. The van der Waals surface area contributed by atoms with Gasteiger partial charge in [0.15, 0.2) is 0 Å². The molecule has 1 N–H and O–H groups in total. The molecule has 0 aliphatic carbocycles. The molecule has 1 fully saturated rings. The zero-order valence-corrected chi connectivity index (χ0v) is 11.2. The lowest BCUT2D eigenvalue weighted by molar-refractivity contribution is 0.0276. The topological polar surface area (TPSA) is 34.1 Å². The summed E-state index contributed by atoms with van der Waals surface area (Å²) in [5, 5.41) is 6.53. The highest BCUT2D eigenvalue weighted by Gasteiger charge is 2.19. The number of thiazole rings is 1. The van der Waals surface area contributed by atoms with Gasteiger partial charge in [-0.05, 0) is 12.5 Å². The fraction of sp³-hybridized carbons (Fsp3) is 0.357. The maximum absolute atomic E-state index is 5.73. The van der Waals surface area contributed by atoms with E-state index in [1.807, 2.05) is 0 Å². The summed E-state index contributed by atoms with van der Waals surface area (Å²) < 4.78 is 5.73. The number of morpholine rings is 1. The van der Waals surface area contributed by atoms with Crippen LogP contribution in [0, 0.1) is 6.92 Å². The average molecular weight is 260 g/mol. The molecule has 1 aromatic heterocycles. The molecule has 0 spiro atoms. The molecule has 0 saturated carbocycles. The van der Waals surface area contributed by atoms with Crippen molar-refractivity contribution in [2.75, 3.05) is 19.7 Å². The monoisotopic (exact) mass is 260 g/mol. The Morgan fingerprint density at radius 1 is 1.39 bits per heavy atom. The van der Waals surface area contributed by atoms with E-state index in [4.69, 9.17) is 9.72 Å². The predicted octanol–water partition coefficient (Wildman–Crippen LogP) is 2.78. The second kappa shape index (κ2) is 5.18. The van der Waals surface area contributed by atoms with Crippen LogP contribution in [-0.4, -0.2) is 24.7 Å². The molecule has 0 bridgehead atoms. The first-order valence-electron chi connectivity index (χ1n) is 6.18. The largest absolute Gasteiger partial charge is 0.368 e. The first-order chi connectivity index (χ1) is 8.84. The molecule has 0 radical (unpaired) electrons. The molecule has 1 saturated heterocycles. The van der Waals surface area contributed by atoms with Crippen LogP contribution in [0.15, 0.2) is 29.6 Å². The molecule has 3 rings (SSSR count). The van der Waals surface area contributed by atoms with E-state index in [2.05, 4.69) is 41.9 Å². The van der Waals surface area contributed by atoms with Crippen LogP contribution in [-0.2, 0) is 4.74 Å². The Kier molecular flexibility index (Phi) is 3.41. The third kappa shape index (κ3) is 2.32. The molecule has 4 heteroatoms. The Morgan fingerprint density at radius 3 is 3.06 bits per heavy atom. The van der Waals surface area contributed by atoms with Crippen LogP contribution in [0.2, 0.25) is 0 Å². The van der Waals surface area contributed by atoms with Gasteiger partial charge < -0.3 is 10.1 Å². The van der Waals surface area contributed by atoms with Gasteiger partial charge in [-0.25, -0.2) is 4.98 Å². The van der Waals surface area contributed by atoms with Gasteiger partial charge in [-0.15, -0.1) is 11.3 Å². The highest BCUT2D eigenvalue weighted by molar-refractivity contribution is 7.10. The number of ether oxygens (including phenoxy) is 1. The van der Waals surface area contributed by atoms with Crippen LogP contribution in [0.25, 0.3) is 11.3 Å². The molecular weight excluding hydrogens is 244 g/mol. The van der Waals surface area contributed by atoms with E-state index in [1.54, 1.807) is 11.3 Å². The van der Waals surface area contributed by atoms with Gasteiger partial charge in [-0.2, -0.15) is 0 Å². The summed E-state index contributed by atoms with van der Waals surface area (Å²) in [7, 11) is 0. The molecule has 3 nitrogen and oxygen atoms in total. The van der Waals surface area contributed by atoms with Gasteiger partial charge in [0.05, 0.1) is 12.3 Å². The van der Waals surface area contributed by atoms with Crippen LogP contribution in [0.1, 0.15) is 16.7 Å². The normalized spacial score (nSPS) is 19.9. The Morgan fingerprint density at radius 2 is 2.28 bits per heavy atom. The third-order valence-electron chi connectivity index (χ3n) is 3.15. The first kappa shape index (κ1) is 11.8. The Bertz CT molecular complexity index is 532. The second-order valence-electron chi connectivity index (χ2n) is 4.45. The van der Waals surface area contributed by atoms with Gasteiger partial charge in [-0.1, -0.05) is 24.3 Å². The summed E-state index contributed by atoms with van der Waals surface area (Å²) in [6, 6.07) is 8.35. The van der Waals surface area contributed by atoms with Crippen LogP contribution in [0.3, 0.4) is 0 Å². The maximum atomic E-state index is 5.73. The summed E-state index contributed by atoms with van der Waals surface area (Å²) in [6.45, 7) is 4.68. The minimum absolute atomic E-state index is 0.113.